The summed E-state index contributed by atoms with van der Waals surface area (Å²) in [5, 5.41) is 20.4. The first-order valence-electron chi connectivity index (χ1n) is 8.15. The molecule has 174 valence electrons. The number of aliphatic hydroxyl groups is 2. The van der Waals surface area contributed by atoms with E-state index in [-0.39, 0.29) is 76.1 Å². The zero-order chi connectivity index (χ0) is 23.2. The number of rotatable bonds is 8. The van der Waals surface area contributed by atoms with Gasteiger partial charge in [-0.05, 0) is 0 Å². The molecule has 3 rings (SSSR count). The first kappa shape index (κ1) is 31.7. The van der Waals surface area contributed by atoms with E-state index in [9.17, 15) is 33.7 Å². The maximum atomic E-state index is 11.9. The van der Waals surface area contributed by atoms with Gasteiger partial charge in [-0.2, -0.15) is 0 Å². The van der Waals surface area contributed by atoms with Crippen LogP contribution in [-0.4, -0.2) is 70.3 Å². The Labute approximate surface area is 229 Å². The molecule has 17 nitrogen and oxygen atoms in total. The van der Waals surface area contributed by atoms with Gasteiger partial charge in [-0.15, -0.1) is 0 Å². The van der Waals surface area contributed by atoms with Gasteiger partial charge in [-0.25, -0.2) is 23.8 Å². The molecule has 0 amide bonds. The number of imidazole rings is 1. The molecule has 6 unspecified atom stereocenters. The van der Waals surface area contributed by atoms with Gasteiger partial charge in [0.2, 0.25) is 0 Å². The minimum absolute atomic E-state index is 0. The van der Waals surface area contributed by atoms with Crippen molar-refractivity contribution in [2.24, 2.45) is 0 Å². The molecule has 1 saturated heterocycles. The molecule has 6 atom stereocenters. The van der Waals surface area contributed by atoms with Crippen LogP contribution in [0.5, 0.6) is 0 Å². The maximum absolute atomic E-state index is 11.9. The molecule has 2 aromatic rings. The fourth-order valence-electron chi connectivity index (χ4n) is 2.78. The van der Waals surface area contributed by atoms with E-state index in [1.807, 2.05) is 0 Å². The van der Waals surface area contributed by atoms with E-state index in [2.05, 4.69) is 23.8 Å². The first-order valence-corrected chi connectivity index (χ1v) is 13.1. The van der Waals surface area contributed by atoms with Gasteiger partial charge in [-0.1, -0.05) is 0 Å². The van der Waals surface area contributed by atoms with E-state index in [1.165, 1.54) is 10.9 Å². The molecule has 0 aliphatic carbocycles. The second-order valence-corrected chi connectivity index (χ2v) is 11.8. The van der Waals surface area contributed by atoms with Crippen LogP contribution < -0.4 is 74.6 Å². The maximum Gasteiger partial charge on any atom is 1.00 e. The van der Waals surface area contributed by atoms with Gasteiger partial charge in [0.15, 0.2) is 25.3 Å². The Balaban J connectivity index is 0.00000272. The fourth-order valence-corrected chi connectivity index (χ4v) is 7.15. The smallest absolute Gasteiger partial charge is 0.778 e. The number of ether oxygens (including phenoxy) is 1. The number of nitrogens with zero attached hydrogens (tertiary/aromatic N) is 4. The van der Waals surface area contributed by atoms with E-state index in [0.29, 0.717) is 0 Å². The topological polar surface area (TPSA) is 276 Å². The van der Waals surface area contributed by atoms with Crippen LogP contribution in [-0.2, 0) is 27.3 Å². The van der Waals surface area contributed by atoms with Gasteiger partial charge in [0, 0.05) is 0 Å². The van der Waals surface area contributed by atoms with E-state index < -0.39 is 60.1 Å². The number of aromatic nitrogens is 4. The largest absolute Gasteiger partial charge is 1.00 e. The summed E-state index contributed by atoms with van der Waals surface area (Å²) in [6, 6.07) is 0. The minimum Gasteiger partial charge on any atom is -0.778 e. The summed E-state index contributed by atoms with van der Waals surface area (Å²) in [7, 11) is -16.3. The molecular weight excluding hydrogens is 533 g/mol. The molecule has 1 fully saturated rings. The molecule has 0 radical (unpaired) electrons. The summed E-state index contributed by atoms with van der Waals surface area (Å²) in [5.41, 5.74) is 6.01. The van der Waals surface area contributed by atoms with Crippen LogP contribution in [0, 0.1) is 0 Å². The Bertz CT molecular complexity index is 1120. The monoisotopic (exact) mass is 549 g/mol. The van der Waals surface area contributed by atoms with Crippen molar-refractivity contribution in [1.29, 1.82) is 0 Å². The van der Waals surface area contributed by atoms with Crippen molar-refractivity contribution in [2.45, 2.75) is 24.5 Å². The average Bonchev–Trinajstić information content (AvgIpc) is 3.13. The third-order valence-corrected chi connectivity index (χ3v) is 9.17. The summed E-state index contributed by atoms with van der Waals surface area (Å²) in [4.78, 5) is 52.0. The Hall–Kier alpha value is 0.680. The van der Waals surface area contributed by atoms with Crippen molar-refractivity contribution in [3.8, 4) is 0 Å². The summed E-state index contributed by atoms with van der Waals surface area (Å²) < 4.78 is 48.5. The fraction of sp³-hybridized carbons (Fsp3) is 0.545. The first-order chi connectivity index (χ1) is 14.2. The Morgan fingerprint density at radius 2 is 1.73 bits per heavy atom. The van der Waals surface area contributed by atoms with E-state index in [1.54, 1.807) is 0 Å². The van der Waals surface area contributed by atoms with Gasteiger partial charge in [0.25, 0.3) is 0 Å². The molecule has 33 heavy (non-hydrogen) atoms. The van der Waals surface area contributed by atoms with Crippen LogP contribution in [0.1, 0.15) is 6.23 Å². The summed E-state index contributed by atoms with van der Waals surface area (Å²) in [6.07, 6.45) is -3.64. The van der Waals surface area contributed by atoms with Crippen LogP contribution in [0.3, 0.4) is 0 Å². The second kappa shape index (κ2) is 11.8. The molecule has 0 aromatic carbocycles. The average molecular weight is 549 g/mol. The zero-order valence-electron chi connectivity index (χ0n) is 17.1. The summed E-state index contributed by atoms with van der Waals surface area (Å²) in [5.74, 6) is -1.81. The molecule has 0 saturated carbocycles. The van der Waals surface area contributed by atoms with Gasteiger partial charge in [-0.3, -0.25) is 4.57 Å². The molecule has 1 aliphatic heterocycles. The quantitative estimate of drug-likeness (QED) is 0.151. The number of anilines is 1. The third-order valence-electron chi connectivity index (χ3n) is 4.01. The third kappa shape index (κ3) is 8.09. The van der Waals surface area contributed by atoms with Crippen molar-refractivity contribution < 1.29 is 116 Å². The predicted molar refractivity (Wildman–Crippen MR) is 94.8 cm³/mol. The van der Waals surface area contributed by atoms with Crippen LogP contribution >= 0.6 is 23.0 Å². The van der Waals surface area contributed by atoms with E-state index >= 15 is 0 Å². The normalized spacial score (nSPS) is 26.7. The molecule has 1 aliphatic rings. The minimum atomic E-state index is -5.51. The Morgan fingerprint density at radius 3 is 2.33 bits per heavy atom. The van der Waals surface area contributed by atoms with Crippen molar-refractivity contribution in [2.75, 3.05) is 18.2 Å². The number of nitrogen functional groups attached to an aromatic ring is 1. The van der Waals surface area contributed by atoms with Gasteiger partial charge >= 0.3 is 66.9 Å². The van der Waals surface area contributed by atoms with Crippen molar-refractivity contribution in [1.82, 2.24) is 19.5 Å². The number of fused-ring (bicyclic) bond motifs is 1. The van der Waals surface area contributed by atoms with E-state index in [4.69, 9.17) is 20.3 Å². The zero-order valence-corrected chi connectivity index (χ0v) is 23.8. The molecule has 3 heterocycles. The van der Waals surface area contributed by atoms with E-state index in [0.717, 1.165) is 6.33 Å². The summed E-state index contributed by atoms with van der Waals surface area (Å²) in [6.45, 7) is -0.921. The standard InChI is InChI=1S/C11H18N5O12P3.2Na/c12-9-6-10(14-2-13-9)16(3-15-6)11-8(18)7(17)5(27-11)1-26-29(19,20)4-30(21,22)28-31(23,24)25;;/h2-3,5,7-8,11,17-18H,1,4H2,(H,19,20)(H,21,22)(H2,12,13,14)(H2,23,24,25);;/q;2*+1/p-2. The number of aliphatic hydroxyl groups excluding tert-OH is 2. The van der Waals surface area contributed by atoms with Crippen LogP contribution in [0.25, 0.3) is 11.2 Å². The van der Waals surface area contributed by atoms with Crippen molar-refractivity contribution >= 4 is 40.0 Å². The molecule has 0 spiro atoms. The molecule has 22 heteroatoms. The number of nitrogens with two attached hydrogens (primary N) is 1. The van der Waals surface area contributed by atoms with Crippen LogP contribution in [0.15, 0.2) is 12.7 Å². The van der Waals surface area contributed by atoms with Gasteiger partial charge in [0.1, 0.15) is 37.8 Å². The number of hydrogen-bond donors (Lipinski definition) is 5. The van der Waals surface area contributed by atoms with Crippen LogP contribution in [0.4, 0.5) is 5.82 Å². The van der Waals surface area contributed by atoms with Gasteiger partial charge in [0.05, 0.1) is 18.8 Å². The molecule has 0 bridgehead atoms. The Kier molecular flexibility index (Phi) is 11.4. The SMILES string of the molecule is Nc1ncnc2c1ncn2C1OC(COP(=O)([O-])CP(=O)([O-])OP(=O)(O)O)C(O)C1O.[Na+].[Na+]. The number of hydrogen-bond acceptors (Lipinski definition) is 14. The van der Waals surface area contributed by atoms with Gasteiger partial charge < -0.3 is 53.9 Å². The molecule has 6 N–H and O–H groups in total. The number of phosphoric acid groups is 1. The summed E-state index contributed by atoms with van der Waals surface area (Å²) >= 11 is 0. The molecular formula is C11H16N5Na2O12P3. The Morgan fingerprint density at radius 1 is 1.09 bits per heavy atom. The van der Waals surface area contributed by atoms with Crippen molar-refractivity contribution in [3.05, 3.63) is 12.7 Å². The predicted octanol–water partition coefficient (Wildman–Crippen LogP) is -8.77. The molecule has 2 aromatic heterocycles. The second-order valence-electron chi connectivity index (χ2n) is 6.36. The van der Waals surface area contributed by atoms with Crippen molar-refractivity contribution in [3.63, 3.8) is 0 Å². The van der Waals surface area contributed by atoms with Crippen LogP contribution in [0.2, 0.25) is 0 Å².